The summed E-state index contributed by atoms with van der Waals surface area (Å²) in [6, 6.07) is 10.1. The van der Waals surface area contributed by atoms with Crippen LogP contribution in [0.4, 0.5) is 11.4 Å². The van der Waals surface area contributed by atoms with Crippen molar-refractivity contribution in [2.24, 2.45) is 0 Å². The summed E-state index contributed by atoms with van der Waals surface area (Å²) in [6.07, 6.45) is 2.08. The van der Waals surface area contributed by atoms with Crippen molar-refractivity contribution in [3.05, 3.63) is 47.5 Å². The molecule has 1 N–H and O–H groups in total. The van der Waals surface area contributed by atoms with Crippen molar-refractivity contribution in [2.75, 3.05) is 23.3 Å². The molecule has 0 radical (unpaired) electrons. The minimum atomic E-state index is -3.72. The molecule has 1 aliphatic heterocycles. The van der Waals surface area contributed by atoms with E-state index in [9.17, 15) is 13.2 Å². The summed E-state index contributed by atoms with van der Waals surface area (Å²) in [7, 11) is -2.15. The Hall–Kier alpha value is -2.54. The van der Waals surface area contributed by atoms with Gasteiger partial charge in [0.15, 0.2) is 0 Å². The van der Waals surface area contributed by atoms with Crippen LogP contribution in [-0.2, 0) is 21.2 Å². The molecular formula is C20H24N2O4S. The van der Waals surface area contributed by atoms with E-state index in [-0.39, 0.29) is 10.8 Å². The van der Waals surface area contributed by atoms with Crippen LogP contribution in [0, 0.1) is 6.92 Å². The maximum absolute atomic E-state index is 12.8. The van der Waals surface area contributed by atoms with Crippen LogP contribution >= 0.6 is 0 Å². The maximum Gasteiger partial charge on any atom is 0.261 e. The van der Waals surface area contributed by atoms with Gasteiger partial charge in [0.2, 0.25) is 5.91 Å². The molecule has 1 saturated heterocycles. The number of carbonyl (C=O) groups excluding carboxylic acids is 1. The van der Waals surface area contributed by atoms with Gasteiger partial charge in [0.05, 0.1) is 12.0 Å². The van der Waals surface area contributed by atoms with Crippen molar-refractivity contribution in [1.82, 2.24) is 0 Å². The average molecular weight is 388 g/mol. The number of ether oxygens (including phenoxy) is 1. The van der Waals surface area contributed by atoms with E-state index < -0.39 is 10.0 Å². The van der Waals surface area contributed by atoms with E-state index >= 15 is 0 Å². The number of benzene rings is 2. The SMILES string of the molecule is CCc1cc(S(=O)(=O)Nc2ccc(N3CCCC3=O)c(C)c2)ccc1OC. The molecule has 144 valence electrons. The Morgan fingerprint density at radius 1 is 1.19 bits per heavy atom. The Labute approximate surface area is 160 Å². The highest BCUT2D eigenvalue weighted by Gasteiger charge is 2.23. The third kappa shape index (κ3) is 3.93. The van der Waals surface area contributed by atoms with Gasteiger partial charge in [0.25, 0.3) is 10.0 Å². The van der Waals surface area contributed by atoms with Crippen molar-refractivity contribution in [1.29, 1.82) is 0 Å². The van der Waals surface area contributed by atoms with Gasteiger partial charge in [-0.25, -0.2) is 8.42 Å². The first kappa shape index (κ1) is 19.2. The number of nitrogens with one attached hydrogen (secondary N) is 1. The molecule has 7 heteroatoms. The Morgan fingerprint density at radius 3 is 2.56 bits per heavy atom. The highest BCUT2D eigenvalue weighted by Crippen LogP contribution is 2.29. The number of carbonyl (C=O) groups is 1. The van der Waals surface area contributed by atoms with Crippen LogP contribution in [0.3, 0.4) is 0 Å². The Balaban J connectivity index is 1.86. The van der Waals surface area contributed by atoms with Crippen LogP contribution in [0.1, 0.15) is 30.9 Å². The first-order valence-corrected chi connectivity index (χ1v) is 10.4. The monoisotopic (exact) mass is 388 g/mol. The van der Waals surface area contributed by atoms with Crippen LogP contribution in [0.25, 0.3) is 0 Å². The predicted octanol–water partition coefficient (Wildman–Crippen LogP) is 3.49. The third-order valence-electron chi connectivity index (χ3n) is 4.76. The molecule has 0 unspecified atom stereocenters. The van der Waals surface area contributed by atoms with Gasteiger partial charge in [0.1, 0.15) is 5.75 Å². The van der Waals surface area contributed by atoms with Gasteiger partial charge in [-0.05, 0) is 67.3 Å². The lowest BCUT2D eigenvalue weighted by atomic mass is 10.1. The van der Waals surface area contributed by atoms with Crippen LogP contribution in [0.2, 0.25) is 0 Å². The van der Waals surface area contributed by atoms with E-state index in [2.05, 4.69) is 4.72 Å². The van der Waals surface area contributed by atoms with E-state index in [0.717, 1.165) is 23.2 Å². The van der Waals surface area contributed by atoms with Gasteiger partial charge in [-0.15, -0.1) is 0 Å². The molecule has 27 heavy (non-hydrogen) atoms. The molecule has 1 aliphatic rings. The highest BCUT2D eigenvalue weighted by atomic mass is 32.2. The minimum Gasteiger partial charge on any atom is -0.496 e. The fraction of sp³-hybridized carbons (Fsp3) is 0.350. The minimum absolute atomic E-state index is 0.108. The number of hydrogen-bond donors (Lipinski definition) is 1. The molecule has 0 bridgehead atoms. The lowest BCUT2D eigenvalue weighted by Crippen LogP contribution is -2.24. The predicted molar refractivity (Wildman–Crippen MR) is 106 cm³/mol. The van der Waals surface area contributed by atoms with Gasteiger partial charge in [-0.3, -0.25) is 9.52 Å². The molecular weight excluding hydrogens is 364 g/mol. The van der Waals surface area contributed by atoms with Gasteiger partial charge >= 0.3 is 0 Å². The third-order valence-corrected chi connectivity index (χ3v) is 6.14. The van der Waals surface area contributed by atoms with Crippen LogP contribution in [0.5, 0.6) is 5.75 Å². The Kier molecular flexibility index (Phi) is 5.41. The molecule has 2 aromatic rings. The molecule has 0 aromatic heterocycles. The van der Waals surface area contributed by atoms with Crippen molar-refractivity contribution >= 4 is 27.3 Å². The molecule has 0 aliphatic carbocycles. The number of sulfonamides is 1. The van der Waals surface area contributed by atoms with Gasteiger partial charge in [-0.1, -0.05) is 6.92 Å². The van der Waals surface area contributed by atoms with E-state index in [1.807, 2.05) is 13.8 Å². The number of rotatable bonds is 6. The van der Waals surface area contributed by atoms with Gasteiger partial charge in [0, 0.05) is 24.3 Å². The van der Waals surface area contributed by atoms with E-state index in [1.54, 1.807) is 42.3 Å². The fourth-order valence-corrected chi connectivity index (χ4v) is 4.44. The molecule has 0 spiro atoms. The second kappa shape index (κ2) is 7.60. The number of anilines is 2. The van der Waals surface area contributed by atoms with Crippen LogP contribution in [-0.4, -0.2) is 28.0 Å². The van der Waals surface area contributed by atoms with Crippen molar-refractivity contribution in [2.45, 2.75) is 38.0 Å². The van der Waals surface area contributed by atoms with Gasteiger partial charge < -0.3 is 9.64 Å². The van der Waals surface area contributed by atoms with Crippen LogP contribution < -0.4 is 14.4 Å². The zero-order valence-electron chi connectivity index (χ0n) is 15.8. The van der Waals surface area contributed by atoms with Crippen molar-refractivity contribution < 1.29 is 17.9 Å². The standard InChI is InChI=1S/C20H24N2O4S/c1-4-15-13-17(8-10-19(15)26-3)27(24,25)21-16-7-9-18(14(2)12-16)22-11-5-6-20(22)23/h7-10,12-13,21H,4-6,11H2,1-3H3. The summed E-state index contributed by atoms with van der Waals surface area (Å²) < 4.78 is 33.4. The number of methoxy groups -OCH3 is 1. The Bertz CT molecular complexity index is 970. The van der Waals surface area contributed by atoms with Crippen molar-refractivity contribution in [3.63, 3.8) is 0 Å². The summed E-state index contributed by atoms with van der Waals surface area (Å²) in [4.78, 5) is 13.9. The molecule has 1 fully saturated rings. The first-order chi connectivity index (χ1) is 12.9. The van der Waals surface area contributed by atoms with Crippen molar-refractivity contribution in [3.8, 4) is 5.75 Å². The molecule has 2 aromatic carbocycles. The van der Waals surface area contributed by atoms with E-state index in [4.69, 9.17) is 4.74 Å². The molecule has 1 heterocycles. The number of hydrogen-bond acceptors (Lipinski definition) is 4. The second-order valence-corrected chi connectivity index (χ2v) is 8.27. The van der Waals surface area contributed by atoms with E-state index in [1.165, 1.54) is 6.07 Å². The smallest absolute Gasteiger partial charge is 0.261 e. The zero-order chi connectivity index (χ0) is 19.6. The largest absolute Gasteiger partial charge is 0.496 e. The first-order valence-electron chi connectivity index (χ1n) is 8.96. The normalized spacial score (nSPS) is 14.5. The lowest BCUT2D eigenvalue weighted by Gasteiger charge is -2.19. The fourth-order valence-electron chi connectivity index (χ4n) is 3.34. The van der Waals surface area contributed by atoms with E-state index in [0.29, 0.717) is 30.8 Å². The average Bonchev–Trinajstić information content (AvgIpc) is 3.06. The maximum atomic E-state index is 12.8. The van der Waals surface area contributed by atoms with Gasteiger partial charge in [-0.2, -0.15) is 0 Å². The summed E-state index contributed by atoms with van der Waals surface area (Å²) in [5.74, 6) is 0.781. The highest BCUT2D eigenvalue weighted by molar-refractivity contribution is 7.92. The molecule has 0 atom stereocenters. The summed E-state index contributed by atoms with van der Waals surface area (Å²) in [5, 5.41) is 0. The summed E-state index contributed by atoms with van der Waals surface area (Å²) in [6.45, 7) is 4.53. The Morgan fingerprint density at radius 2 is 1.96 bits per heavy atom. The number of nitrogens with zero attached hydrogens (tertiary/aromatic N) is 1. The zero-order valence-corrected chi connectivity index (χ0v) is 16.6. The number of amides is 1. The molecule has 0 saturated carbocycles. The lowest BCUT2D eigenvalue weighted by molar-refractivity contribution is -0.117. The summed E-state index contributed by atoms with van der Waals surface area (Å²) >= 11 is 0. The molecule has 1 amide bonds. The number of aryl methyl sites for hydroxylation is 2. The topological polar surface area (TPSA) is 75.7 Å². The summed E-state index contributed by atoms with van der Waals surface area (Å²) in [5.41, 5.74) is 2.99. The molecule has 6 nitrogen and oxygen atoms in total. The van der Waals surface area contributed by atoms with Crippen LogP contribution in [0.15, 0.2) is 41.3 Å². The molecule has 3 rings (SSSR count). The quantitative estimate of drug-likeness (QED) is 0.822. The second-order valence-electron chi connectivity index (χ2n) is 6.58.